The number of ether oxygens (including phenoxy) is 2. The molecule has 0 radical (unpaired) electrons. The van der Waals surface area contributed by atoms with Crippen LogP contribution in [0.4, 0.5) is 11.4 Å². The Morgan fingerprint density at radius 1 is 0.804 bits per heavy atom. The summed E-state index contributed by atoms with van der Waals surface area (Å²) in [7, 11) is 0. The molecule has 1 spiro atoms. The Balaban J connectivity index is 1.04. The smallest absolute Gasteiger partial charge is 0.340 e. The summed E-state index contributed by atoms with van der Waals surface area (Å²) in [5, 5.41) is 23.1. The normalized spacial score (nSPS) is 14.9. The van der Waals surface area contributed by atoms with Crippen LogP contribution in [-0.4, -0.2) is 34.5 Å². The van der Waals surface area contributed by atoms with E-state index in [9.17, 15) is 24.6 Å². The second-order valence-corrected chi connectivity index (χ2v) is 11.5. The fourth-order valence-electron chi connectivity index (χ4n) is 6.62. The Labute approximate surface area is 263 Å². The Morgan fingerprint density at radius 3 is 2.20 bits per heavy atom. The Bertz CT molecular complexity index is 2050. The van der Waals surface area contributed by atoms with Crippen LogP contribution >= 0.6 is 0 Å². The van der Waals surface area contributed by atoms with Crippen LogP contribution in [-0.2, 0) is 28.0 Å². The fraction of sp³-hybridized carbons (Fsp3) is 0.108. The van der Waals surface area contributed by atoms with Gasteiger partial charge in [0.05, 0.1) is 12.0 Å². The van der Waals surface area contributed by atoms with Crippen molar-refractivity contribution in [3.63, 3.8) is 0 Å². The summed E-state index contributed by atoms with van der Waals surface area (Å²) >= 11 is 0. The van der Waals surface area contributed by atoms with Crippen LogP contribution in [0.25, 0.3) is 0 Å². The lowest BCUT2D eigenvalue weighted by molar-refractivity contribution is -0.117. The summed E-state index contributed by atoms with van der Waals surface area (Å²) in [5.74, 6) is -0.548. The van der Waals surface area contributed by atoms with Crippen molar-refractivity contribution in [1.82, 2.24) is 0 Å². The molecule has 8 rings (SSSR count). The Morgan fingerprint density at radius 2 is 1.48 bits per heavy atom. The summed E-state index contributed by atoms with van der Waals surface area (Å²) in [6.07, 6.45) is 1.09. The van der Waals surface area contributed by atoms with E-state index in [0.717, 1.165) is 17.7 Å². The van der Waals surface area contributed by atoms with E-state index < -0.39 is 17.5 Å². The van der Waals surface area contributed by atoms with Crippen LogP contribution in [0.2, 0.25) is 0 Å². The first kappa shape index (κ1) is 27.5. The van der Waals surface area contributed by atoms with Gasteiger partial charge in [-0.3, -0.25) is 9.59 Å². The molecule has 0 bridgehead atoms. The van der Waals surface area contributed by atoms with Crippen LogP contribution in [0, 0.1) is 0 Å². The number of aromatic hydroxyl groups is 2. The number of rotatable bonds is 4. The second kappa shape index (κ2) is 10.2. The number of benzene rings is 5. The van der Waals surface area contributed by atoms with Gasteiger partial charge in [-0.2, -0.15) is 0 Å². The number of fused-ring (bicyclic) bond motifs is 7. The predicted molar refractivity (Wildman–Crippen MR) is 169 cm³/mol. The summed E-state index contributed by atoms with van der Waals surface area (Å²) in [6, 6.07) is 28.9. The standard InChI is InChI=1S/C37H26N2O7/c40-25-10-13-29-32(19-25)45-33-20-26(41)11-14-30(33)37(29)28-12-7-23(18-27(28)36(44)46-37)35(43)38-24-8-5-21(6-9-24)17-34(42)39-16-15-22-3-1-2-4-31(22)39/h1-14,18-20,40-41H,15-17H2,(H,38,43). The van der Waals surface area contributed by atoms with Gasteiger partial charge in [0.2, 0.25) is 5.91 Å². The van der Waals surface area contributed by atoms with Crippen molar-refractivity contribution in [2.24, 2.45) is 0 Å². The highest BCUT2D eigenvalue weighted by Gasteiger charge is 2.53. The van der Waals surface area contributed by atoms with Gasteiger partial charge in [0.15, 0.2) is 5.60 Å². The van der Waals surface area contributed by atoms with E-state index in [0.29, 0.717) is 28.9 Å². The second-order valence-electron chi connectivity index (χ2n) is 11.5. The van der Waals surface area contributed by atoms with Gasteiger partial charge >= 0.3 is 5.97 Å². The molecular formula is C37H26N2O7. The minimum absolute atomic E-state index is 0.0212. The zero-order valence-corrected chi connectivity index (χ0v) is 24.3. The molecule has 0 unspecified atom stereocenters. The Hall–Kier alpha value is -6.09. The molecule has 5 aromatic rings. The molecule has 226 valence electrons. The molecule has 9 nitrogen and oxygen atoms in total. The number of hydrogen-bond donors (Lipinski definition) is 3. The highest BCUT2D eigenvalue weighted by molar-refractivity contribution is 6.07. The van der Waals surface area contributed by atoms with Gasteiger partial charge in [-0.25, -0.2) is 4.79 Å². The van der Waals surface area contributed by atoms with E-state index in [2.05, 4.69) is 5.32 Å². The third kappa shape index (κ3) is 4.28. The van der Waals surface area contributed by atoms with E-state index >= 15 is 0 Å². The van der Waals surface area contributed by atoms with E-state index in [-0.39, 0.29) is 46.5 Å². The van der Waals surface area contributed by atoms with Gasteiger partial charge in [-0.1, -0.05) is 36.4 Å². The molecule has 0 aromatic heterocycles. The number of anilines is 2. The number of phenolic OH excluding ortho intramolecular Hbond substituents is 2. The zero-order chi connectivity index (χ0) is 31.6. The van der Waals surface area contributed by atoms with Gasteiger partial charge in [0, 0.05) is 52.3 Å². The number of esters is 1. The van der Waals surface area contributed by atoms with Crippen LogP contribution in [0.3, 0.4) is 0 Å². The molecule has 46 heavy (non-hydrogen) atoms. The molecule has 0 saturated heterocycles. The summed E-state index contributed by atoms with van der Waals surface area (Å²) in [5.41, 5.74) is 4.07. The third-order valence-electron chi connectivity index (χ3n) is 8.79. The molecule has 9 heteroatoms. The lowest BCUT2D eigenvalue weighted by atomic mass is 9.77. The zero-order valence-electron chi connectivity index (χ0n) is 24.3. The molecule has 0 atom stereocenters. The van der Waals surface area contributed by atoms with E-state index in [4.69, 9.17) is 9.47 Å². The topological polar surface area (TPSA) is 125 Å². The maximum atomic E-state index is 13.4. The first-order valence-electron chi connectivity index (χ1n) is 14.8. The monoisotopic (exact) mass is 610 g/mol. The number of phenols is 2. The van der Waals surface area contributed by atoms with Gasteiger partial charge in [-0.05, 0) is 72.1 Å². The summed E-state index contributed by atoms with van der Waals surface area (Å²) in [4.78, 5) is 41.5. The van der Waals surface area contributed by atoms with Crippen molar-refractivity contribution in [2.75, 3.05) is 16.8 Å². The van der Waals surface area contributed by atoms with Crippen LogP contribution in [0.5, 0.6) is 23.0 Å². The third-order valence-corrected chi connectivity index (χ3v) is 8.79. The SMILES string of the molecule is O=C(Nc1ccc(CC(=O)N2CCc3ccccc32)cc1)c1ccc2c(c1)C(=O)OC21c2ccc(O)cc2Oc2cc(O)ccc21. The predicted octanol–water partition coefficient (Wildman–Crippen LogP) is 6.05. The average Bonchev–Trinajstić information content (AvgIpc) is 3.61. The number of hydrogen-bond acceptors (Lipinski definition) is 7. The quantitative estimate of drug-likeness (QED) is 0.212. The lowest BCUT2D eigenvalue weighted by Crippen LogP contribution is -2.32. The van der Waals surface area contributed by atoms with Crippen molar-refractivity contribution >= 4 is 29.2 Å². The maximum Gasteiger partial charge on any atom is 0.340 e. The van der Waals surface area contributed by atoms with Crippen molar-refractivity contribution in [3.05, 3.63) is 142 Å². The van der Waals surface area contributed by atoms with E-state index in [1.54, 1.807) is 36.4 Å². The molecule has 0 saturated carbocycles. The van der Waals surface area contributed by atoms with Crippen LogP contribution < -0.4 is 15.0 Å². The molecule has 0 fully saturated rings. The molecule has 3 aliphatic rings. The van der Waals surface area contributed by atoms with Crippen molar-refractivity contribution in [3.8, 4) is 23.0 Å². The molecule has 5 aromatic carbocycles. The van der Waals surface area contributed by atoms with Crippen LogP contribution in [0.15, 0.2) is 103 Å². The van der Waals surface area contributed by atoms with Crippen LogP contribution in [0.1, 0.15) is 48.5 Å². The minimum atomic E-state index is -1.41. The van der Waals surface area contributed by atoms with Crippen molar-refractivity contribution in [2.45, 2.75) is 18.4 Å². The number of amides is 2. The highest BCUT2D eigenvalue weighted by atomic mass is 16.6. The van der Waals surface area contributed by atoms with Crippen molar-refractivity contribution in [1.29, 1.82) is 0 Å². The van der Waals surface area contributed by atoms with Gasteiger partial charge < -0.3 is 29.9 Å². The summed E-state index contributed by atoms with van der Waals surface area (Å²) < 4.78 is 12.1. The van der Waals surface area contributed by atoms with Gasteiger partial charge in [0.25, 0.3) is 5.91 Å². The number of nitrogens with zero attached hydrogens (tertiary/aromatic N) is 1. The number of nitrogens with one attached hydrogen (secondary N) is 1. The molecule has 3 N–H and O–H groups in total. The molecule has 0 aliphatic carbocycles. The lowest BCUT2D eigenvalue weighted by Gasteiger charge is -2.36. The molecule has 2 amide bonds. The molecule has 3 heterocycles. The minimum Gasteiger partial charge on any atom is -0.508 e. The number of carbonyl (C=O) groups excluding carboxylic acids is 3. The van der Waals surface area contributed by atoms with Gasteiger partial charge in [0.1, 0.15) is 23.0 Å². The Kier molecular flexibility index (Phi) is 6.11. The average molecular weight is 611 g/mol. The van der Waals surface area contributed by atoms with E-state index in [1.165, 1.54) is 35.9 Å². The summed E-state index contributed by atoms with van der Waals surface area (Å²) in [6.45, 7) is 0.668. The molecular weight excluding hydrogens is 584 g/mol. The molecule has 3 aliphatic heterocycles. The van der Waals surface area contributed by atoms with E-state index in [1.807, 2.05) is 41.3 Å². The first-order chi connectivity index (χ1) is 22.3. The first-order valence-corrected chi connectivity index (χ1v) is 14.8. The fourth-order valence-corrected chi connectivity index (χ4v) is 6.62. The van der Waals surface area contributed by atoms with Crippen molar-refractivity contribution < 1.29 is 34.1 Å². The van der Waals surface area contributed by atoms with Gasteiger partial charge in [-0.15, -0.1) is 0 Å². The maximum absolute atomic E-state index is 13.4. The highest BCUT2D eigenvalue weighted by Crippen LogP contribution is 2.57. The number of para-hydroxylation sites is 1. The largest absolute Gasteiger partial charge is 0.508 e. The number of carbonyl (C=O) groups is 3.